The number of anilines is 1. The fraction of sp³-hybridized carbons (Fsp3) is 0.619. The molecular weight excluding hydrogens is 390 g/mol. The number of carbonyl (C=O) groups is 2. The third kappa shape index (κ3) is 4.98. The molecule has 2 aliphatic heterocycles. The van der Waals surface area contributed by atoms with E-state index in [9.17, 15) is 18.0 Å². The maximum atomic E-state index is 12.8. The topological polar surface area (TPSA) is 86.8 Å². The van der Waals surface area contributed by atoms with E-state index in [1.54, 1.807) is 21.3 Å². The van der Waals surface area contributed by atoms with Gasteiger partial charge in [0.1, 0.15) is 0 Å². The van der Waals surface area contributed by atoms with Gasteiger partial charge in [0, 0.05) is 37.3 Å². The summed E-state index contributed by atoms with van der Waals surface area (Å²) in [6, 6.07) is 6.30. The first-order valence-corrected chi connectivity index (χ1v) is 11.7. The highest BCUT2D eigenvalue weighted by Gasteiger charge is 2.39. The number of nitrogens with one attached hydrogen (secondary N) is 1. The summed E-state index contributed by atoms with van der Waals surface area (Å²) in [4.78, 5) is 26.7. The van der Waals surface area contributed by atoms with Crippen LogP contribution in [0.3, 0.4) is 0 Å². The lowest BCUT2D eigenvalue weighted by atomic mass is 10.1. The van der Waals surface area contributed by atoms with Gasteiger partial charge in [0.15, 0.2) is 0 Å². The van der Waals surface area contributed by atoms with Gasteiger partial charge in [-0.2, -0.15) is 4.31 Å². The van der Waals surface area contributed by atoms with Crippen LogP contribution < -0.4 is 5.32 Å². The van der Waals surface area contributed by atoms with E-state index in [4.69, 9.17) is 0 Å². The normalized spacial score (nSPS) is 21.8. The molecule has 0 saturated carbocycles. The molecule has 1 atom stereocenters. The van der Waals surface area contributed by atoms with Crippen molar-refractivity contribution in [3.8, 4) is 0 Å². The minimum Gasteiger partial charge on any atom is -0.337 e. The summed E-state index contributed by atoms with van der Waals surface area (Å²) in [5, 5.41) is 2.82. The second-order valence-corrected chi connectivity index (χ2v) is 10.8. The minimum absolute atomic E-state index is 0.0171. The van der Waals surface area contributed by atoms with Gasteiger partial charge in [-0.05, 0) is 57.9 Å². The quantitative estimate of drug-likeness (QED) is 0.810. The maximum Gasteiger partial charge on any atom is 0.243 e. The standard InChI is InChI=1S/C21H31N3O4S/c1-21(2,3)24-15-16(14-19(24)25)20(26)22-17-8-10-18(11-9-17)29(27,28)23-12-6-4-5-7-13-23/h8-11,16H,4-7,12-15H2,1-3H3,(H,22,26). The molecule has 0 aliphatic carbocycles. The molecule has 7 nitrogen and oxygen atoms in total. The number of benzene rings is 1. The Kier molecular flexibility index (Phi) is 6.33. The maximum absolute atomic E-state index is 12.8. The second kappa shape index (κ2) is 8.44. The van der Waals surface area contributed by atoms with E-state index in [1.165, 1.54) is 12.1 Å². The number of nitrogens with zero attached hydrogens (tertiary/aromatic N) is 2. The van der Waals surface area contributed by atoms with Gasteiger partial charge in [-0.1, -0.05) is 12.8 Å². The van der Waals surface area contributed by atoms with Gasteiger partial charge < -0.3 is 10.2 Å². The predicted molar refractivity (Wildman–Crippen MR) is 112 cm³/mol. The molecule has 1 aromatic carbocycles. The lowest BCUT2D eigenvalue weighted by Gasteiger charge is -2.31. The molecule has 0 radical (unpaired) electrons. The fourth-order valence-corrected chi connectivity index (χ4v) is 5.43. The van der Waals surface area contributed by atoms with Crippen molar-refractivity contribution in [3.05, 3.63) is 24.3 Å². The fourth-order valence-electron chi connectivity index (χ4n) is 3.92. The zero-order chi connectivity index (χ0) is 21.2. The summed E-state index contributed by atoms with van der Waals surface area (Å²) in [7, 11) is -3.51. The molecule has 0 aromatic heterocycles. The van der Waals surface area contributed by atoms with Crippen LogP contribution in [0.4, 0.5) is 5.69 Å². The molecule has 160 valence electrons. The van der Waals surface area contributed by atoms with Crippen molar-refractivity contribution < 1.29 is 18.0 Å². The summed E-state index contributed by atoms with van der Waals surface area (Å²) in [5.74, 6) is -0.632. The first kappa shape index (κ1) is 21.8. The second-order valence-electron chi connectivity index (χ2n) is 8.91. The highest BCUT2D eigenvalue weighted by atomic mass is 32.2. The molecule has 2 aliphatic rings. The van der Waals surface area contributed by atoms with Crippen LogP contribution in [0.15, 0.2) is 29.2 Å². The molecule has 8 heteroatoms. The first-order valence-electron chi connectivity index (χ1n) is 10.3. The Bertz CT molecular complexity index is 851. The van der Waals surface area contributed by atoms with Crippen molar-refractivity contribution in [3.63, 3.8) is 0 Å². The van der Waals surface area contributed by atoms with Crippen LogP contribution in [0.25, 0.3) is 0 Å². The molecule has 1 unspecified atom stereocenters. The molecule has 1 aromatic rings. The van der Waals surface area contributed by atoms with Crippen LogP contribution in [-0.2, 0) is 19.6 Å². The van der Waals surface area contributed by atoms with E-state index >= 15 is 0 Å². The third-order valence-electron chi connectivity index (χ3n) is 5.63. The number of likely N-dealkylation sites (tertiary alicyclic amines) is 1. The van der Waals surface area contributed by atoms with Crippen LogP contribution >= 0.6 is 0 Å². The van der Waals surface area contributed by atoms with E-state index in [0.29, 0.717) is 25.3 Å². The Morgan fingerprint density at radius 1 is 1.03 bits per heavy atom. The summed E-state index contributed by atoms with van der Waals surface area (Å²) < 4.78 is 27.2. The Morgan fingerprint density at radius 3 is 2.14 bits per heavy atom. The zero-order valence-electron chi connectivity index (χ0n) is 17.5. The average molecular weight is 422 g/mol. The third-order valence-corrected chi connectivity index (χ3v) is 7.54. The lowest BCUT2D eigenvalue weighted by molar-refractivity contribution is -0.131. The minimum atomic E-state index is -3.51. The van der Waals surface area contributed by atoms with Gasteiger partial charge in [-0.25, -0.2) is 8.42 Å². The summed E-state index contributed by atoms with van der Waals surface area (Å²) in [6.07, 6.45) is 4.10. The van der Waals surface area contributed by atoms with Gasteiger partial charge in [0.2, 0.25) is 21.8 Å². The average Bonchev–Trinajstić information content (AvgIpc) is 2.87. The van der Waals surface area contributed by atoms with Crippen molar-refractivity contribution in [2.45, 2.75) is 63.3 Å². The molecule has 3 rings (SSSR count). The van der Waals surface area contributed by atoms with E-state index in [1.807, 2.05) is 20.8 Å². The zero-order valence-corrected chi connectivity index (χ0v) is 18.3. The van der Waals surface area contributed by atoms with E-state index in [0.717, 1.165) is 25.7 Å². The van der Waals surface area contributed by atoms with Crippen molar-refractivity contribution >= 4 is 27.5 Å². The van der Waals surface area contributed by atoms with E-state index < -0.39 is 15.9 Å². The molecule has 1 N–H and O–H groups in total. The number of hydrogen-bond donors (Lipinski definition) is 1. The van der Waals surface area contributed by atoms with Crippen molar-refractivity contribution in [1.82, 2.24) is 9.21 Å². The Labute approximate surface area is 173 Å². The van der Waals surface area contributed by atoms with Crippen LogP contribution in [-0.4, -0.2) is 54.6 Å². The van der Waals surface area contributed by atoms with Crippen LogP contribution in [0.5, 0.6) is 0 Å². The van der Waals surface area contributed by atoms with Gasteiger partial charge >= 0.3 is 0 Å². The lowest BCUT2D eigenvalue weighted by Crippen LogP contribution is -2.42. The van der Waals surface area contributed by atoms with Crippen molar-refractivity contribution in [2.75, 3.05) is 25.0 Å². The van der Waals surface area contributed by atoms with Crippen LogP contribution in [0.2, 0.25) is 0 Å². The predicted octanol–water partition coefficient (Wildman–Crippen LogP) is 2.84. The first-order chi connectivity index (χ1) is 13.6. The summed E-state index contributed by atoms with van der Waals surface area (Å²) in [6.45, 7) is 7.37. The van der Waals surface area contributed by atoms with Crippen LogP contribution in [0.1, 0.15) is 52.9 Å². The largest absolute Gasteiger partial charge is 0.337 e. The molecule has 2 heterocycles. The van der Waals surface area contributed by atoms with E-state index in [2.05, 4.69) is 5.32 Å². The van der Waals surface area contributed by atoms with Gasteiger partial charge in [-0.3, -0.25) is 9.59 Å². The summed E-state index contributed by atoms with van der Waals surface area (Å²) in [5.41, 5.74) is 0.224. The van der Waals surface area contributed by atoms with Crippen molar-refractivity contribution in [2.24, 2.45) is 5.92 Å². The van der Waals surface area contributed by atoms with E-state index in [-0.39, 0.29) is 28.7 Å². The van der Waals surface area contributed by atoms with Gasteiger partial charge in [0.25, 0.3) is 0 Å². The van der Waals surface area contributed by atoms with Crippen LogP contribution in [0, 0.1) is 5.92 Å². The molecular formula is C21H31N3O4S. The van der Waals surface area contributed by atoms with Gasteiger partial charge in [-0.15, -0.1) is 0 Å². The highest BCUT2D eigenvalue weighted by molar-refractivity contribution is 7.89. The molecule has 0 spiro atoms. The molecule has 0 bridgehead atoms. The highest BCUT2D eigenvalue weighted by Crippen LogP contribution is 2.27. The smallest absolute Gasteiger partial charge is 0.243 e. The Morgan fingerprint density at radius 2 is 1.62 bits per heavy atom. The molecule has 2 saturated heterocycles. The molecule has 29 heavy (non-hydrogen) atoms. The number of rotatable bonds is 4. The SMILES string of the molecule is CC(C)(C)N1CC(C(=O)Nc2ccc(S(=O)(=O)N3CCCCCC3)cc2)CC1=O. The number of sulfonamides is 1. The number of carbonyl (C=O) groups excluding carboxylic acids is 2. The Hall–Kier alpha value is -1.93. The van der Waals surface area contributed by atoms with Crippen molar-refractivity contribution in [1.29, 1.82) is 0 Å². The monoisotopic (exact) mass is 421 g/mol. The molecule has 2 fully saturated rings. The summed E-state index contributed by atoms with van der Waals surface area (Å²) >= 11 is 0. The number of amides is 2. The Balaban J connectivity index is 1.65. The van der Waals surface area contributed by atoms with Gasteiger partial charge in [0.05, 0.1) is 10.8 Å². The molecule has 2 amide bonds. The number of hydrogen-bond acceptors (Lipinski definition) is 4.